The molecule has 3 aromatic rings. The summed E-state index contributed by atoms with van der Waals surface area (Å²) in [6.07, 6.45) is 1.53. The van der Waals surface area contributed by atoms with Gasteiger partial charge in [-0.25, -0.2) is 8.42 Å². The standard InChI is InChI=1S/C28H31NO4S/c1-28(2)27(25-15-9-12-22(19-25)18-21-10-5-3-6-11-21)34(31,32)29-26(33-28)20-24(16-17-30)23-13-7-4-8-14-23/h3-15,19,24,27,30H,16-18,20H2,1-2H3/t24-,27?/m1/s1. The van der Waals surface area contributed by atoms with E-state index in [0.717, 1.165) is 23.1 Å². The molecule has 1 heterocycles. The fourth-order valence-corrected chi connectivity index (χ4v) is 6.51. The largest absolute Gasteiger partial charge is 0.472 e. The average molecular weight is 478 g/mol. The van der Waals surface area contributed by atoms with Gasteiger partial charge in [0.15, 0.2) is 0 Å². The molecular weight excluding hydrogens is 446 g/mol. The van der Waals surface area contributed by atoms with E-state index < -0.39 is 20.9 Å². The lowest BCUT2D eigenvalue weighted by atomic mass is 9.92. The van der Waals surface area contributed by atoms with Crippen molar-refractivity contribution >= 4 is 15.9 Å². The number of benzene rings is 3. The molecule has 0 radical (unpaired) electrons. The van der Waals surface area contributed by atoms with Crippen molar-refractivity contribution in [2.24, 2.45) is 4.40 Å². The molecule has 0 amide bonds. The van der Waals surface area contributed by atoms with E-state index >= 15 is 0 Å². The van der Waals surface area contributed by atoms with Gasteiger partial charge in [0.2, 0.25) is 5.90 Å². The lowest BCUT2D eigenvalue weighted by molar-refractivity contribution is 0.0797. The van der Waals surface area contributed by atoms with Crippen LogP contribution in [0.5, 0.6) is 0 Å². The van der Waals surface area contributed by atoms with Crippen LogP contribution in [-0.4, -0.2) is 31.6 Å². The molecule has 3 aromatic carbocycles. The van der Waals surface area contributed by atoms with Crippen LogP contribution in [0.3, 0.4) is 0 Å². The number of sulfonamides is 1. The Morgan fingerprint density at radius 2 is 1.59 bits per heavy atom. The van der Waals surface area contributed by atoms with Crippen LogP contribution in [-0.2, 0) is 21.2 Å². The Labute approximate surface area is 202 Å². The number of aliphatic hydroxyl groups is 1. The minimum Gasteiger partial charge on any atom is -0.472 e. The van der Waals surface area contributed by atoms with Crippen molar-refractivity contribution in [1.29, 1.82) is 0 Å². The normalized spacial score (nSPS) is 19.6. The fraction of sp³-hybridized carbons (Fsp3) is 0.321. The van der Waals surface area contributed by atoms with Crippen molar-refractivity contribution in [1.82, 2.24) is 0 Å². The summed E-state index contributed by atoms with van der Waals surface area (Å²) in [6.45, 7) is 3.61. The minimum absolute atomic E-state index is 0.000183. The Bertz CT molecular complexity index is 1240. The van der Waals surface area contributed by atoms with Gasteiger partial charge in [0.05, 0.1) is 0 Å². The number of aliphatic hydroxyl groups excluding tert-OH is 1. The lowest BCUT2D eigenvalue weighted by Crippen LogP contribution is -2.43. The molecule has 0 saturated carbocycles. The second-order valence-corrected chi connectivity index (χ2v) is 11.0. The molecule has 0 aromatic heterocycles. The van der Waals surface area contributed by atoms with Gasteiger partial charge < -0.3 is 9.84 Å². The molecular formula is C28H31NO4S. The van der Waals surface area contributed by atoms with Gasteiger partial charge in [0.25, 0.3) is 10.0 Å². The maximum Gasteiger partial charge on any atom is 0.267 e. The quantitative estimate of drug-likeness (QED) is 0.471. The number of nitrogens with zero attached hydrogens (tertiary/aromatic N) is 1. The second kappa shape index (κ2) is 10.1. The van der Waals surface area contributed by atoms with E-state index in [2.05, 4.69) is 16.5 Å². The molecule has 0 bridgehead atoms. The number of hydrogen-bond acceptors (Lipinski definition) is 4. The van der Waals surface area contributed by atoms with Gasteiger partial charge in [-0.05, 0) is 54.9 Å². The van der Waals surface area contributed by atoms with Crippen LogP contribution < -0.4 is 0 Å². The third kappa shape index (κ3) is 5.57. The van der Waals surface area contributed by atoms with Crippen molar-refractivity contribution < 1.29 is 18.3 Å². The topological polar surface area (TPSA) is 76.0 Å². The maximum absolute atomic E-state index is 13.4. The van der Waals surface area contributed by atoms with E-state index in [9.17, 15) is 13.5 Å². The van der Waals surface area contributed by atoms with Crippen LogP contribution in [0.2, 0.25) is 0 Å². The monoisotopic (exact) mass is 477 g/mol. The molecule has 2 atom stereocenters. The predicted octanol–water partition coefficient (Wildman–Crippen LogP) is 5.41. The zero-order chi connectivity index (χ0) is 24.2. The summed E-state index contributed by atoms with van der Waals surface area (Å²) < 4.78 is 37.2. The van der Waals surface area contributed by atoms with Gasteiger partial charge in [0.1, 0.15) is 10.9 Å². The molecule has 5 nitrogen and oxygen atoms in total. The SMILES string of the molecule is CC1(C)OC(C[C@@H](CCO)c2ccccc2)=NS(=O)(=O)C1c1cccc(Cc2ccccc2)c1. The fourth-order valence-electron chi connectivity index (χ4n) is 4.76. The zero-order valence-corrected chi connectivity index (χ0v) is 20.4. The maximum atomic E-state index is 13.4. The van der Waals surface area contributed by atoms with E-state index in [-0.39, 0.29) is 18.4 Å². The molecule has 0 aliphatic carbocycles. The van der Waals surface area contributed by atoms with E-state index in [1.165, 1.54) is 0 Å². The van der Waals surface area contributed by atoms with Crippen LogP contribution in [0.15, 0.2) is 89.3 Å². The summed E-state index contributed by atoms with van der Waals surface area (Å²) in [7, 11) is -3.87. The van der Waals surface area contributed by atoms with Crippen LogP contribution in [0.1, 0.15) is 60.1 Å². The van der Waals surface area contributed by atoms with Gasteiger partial charge in [-0.2, -0.15) is 0 Å². The minimum atomic E-state index is -3.87. The number of hydrogen-bond donors (Lipinski definition) is 1. The molecule has 1 aliphatic heterocycles. The molecule has 1 unspecified atom stereocenters. The number of rotatable bonds is 8. The highest BCUT2D eigenvalue weighted by Crippen LogP contribution is 2.42. The van der Waals surface area contributed by atoms with Crippen molar-refractivity contribution in [3.05, 3.63) is 107 Å². The summed E-state index contributed by atoms with van der Waals surface area (Å²) in [5.74, 6) is 0.116. The van der Waals surface area contributed by atoms with Crippen LogP contribution >= 0.6 is 0 Å². The Hall–Kier alpha value is -2.96. The summed E-state index contributed by atoms with van der Waals surface area (Å²) in [6, 6.07) is 27.5. The number of ether oxygens (including phenoxy) is 1. The molecule has 1 N–H and O–H groups in total. The van der Waals surface area contributed by atoms with Crippen LogP contribution in [0.4, 0.5) is 0 Å². The Morgan fingerprint density at radius 1 is 0.941 bits per heavy atom. The van der Waals surface area contributed by atoms with Crippen LogP contribution in [0, 0.1) is 0 Å². The summed E-state index contributed by atoms with van der Waals surface area (Å²) in [4.78, 5) is 0. The highest BCUT2D eigenvalue weighted by molar-refractivity contribution is 7.90. The first-order valence-electron chi connectivity index (χ1n) is 11.6. The van der Waals surface area contributed by atoms with Crippen molar-refractivity contribution in [2.45, 2.75) is 49.9 Å². The van der Waals surface area contributed by atoms with E-state index in [1.807, 2.05) is 72.8 Å². The van der Waals surface area contributed by atoms with Crippen LogP contribution in [0.25, 0.3) is 0 Å². The predicted molar refractivity (Wildman–Crippen MR) is 135 cm³/mol. The molecule has 4 rings (SSSR count). The molecule has 0 saturated heterocycles. The third-order valence-electron chi connectivity index (χ3n) is 6.21. The van der Waals surface area contributed by atoms with E-state index in [1.54, 1.807) is 13.8 Å². The average Bonchev–Trinajstić information content (AvgIpc) is 2.79. The highest BCUT2D eigenvalue weighted by Gasteiger charge is 2.47. The molecule has 6 heteroatoms. The lowest BCUT2D eigenvalue weighted by Gasteiger charge is -2.38. The Kier molecular flexibility index (Phi) is 7.19. The molecule has 0 spiro atoms. The second-order valence-electron chi connectivity index (χ2n) is 9.32. The van der Waals surface area contributed by atoms with Gasteiger partial charge >= 0.3 is 0 Å². The van der Waals surface area contributed by atoms with Gasteiger partial charge in [-0.1, -0.05) is 84.9 Å². The van der Waals surface area contributed by atoms with E-state index in [0.29, 0.717) is 18.4 Å². The first kappa shape index (κ1) is 24.2. The van der Waals surface area contributed by atoms with E-state index in [4.69, 9.17) is 4.74 Å². The first-order chi connectivity index (χ1) is 16.3. The smallest absolute Gasteiger partial charge is 0.267 e. The van der Waals surface area contributed by atoms with Crippen molar-refractivity contribution in [3.8, 4) is 0 Å². The summed E-state index contributed by atoms with van der Waals surface area (Å²) >= 11 is 0. The van der Waals surface area contributed by atoms with Gasteiger partial charge in [-0.3, -0.25) is 0 Å². The third-order valence-corrected chi connectivity index (χ3v) is 8.11. The van der Waals surface area contributed by atoms with Gasteiger partial charge in [0, 0.05) is 13.0 Å². The van der Waals surface area contributed by atoms with Crippen molar-refractivity contribution in [3.63, 3.8) is 0 Å². The molecule has 0 fully saturated rings. The zero-order valence-electron chi connectivity index (χ0n) is 19.6. The molecule has 178 valence electrons. The summed E-state index contributed by atoms with van der Waals surface area (Å²) in [5, 5.41) is 8.65. The first-order valence-corrected chi connectivity index (χ1v) is 13.1. The van der Waals surface area contributed by atoms with Crippen molar-refractivity contribution in [2.75, 3.05) is 6.61 Å². The highest BCUT2D eigenvalue weighted by atomic mass is 32.2. The Balaban J connectivity index is 1.62. The Morgan fingerprint density at radius 3 is 2.24 bits per heavy atom. The molecule has 34 heavy (non-hydrogen) atoms. The van der Waals surface area contributed by atoms with Gasteiger partial charge in [-0.15, -0.1) is 4.40 Å². The summed E-state index contributed by atoms with van der Waals surface area (Å²) in [5.41, 5.74) is 2.90. The molecule has 1 aliphatic rings.